The van der Waals surface area contributed by atoms with Crippen LogP contribution < -0.4 is 5.32 Å². The average molecular weight is 1230 g/mol. The number of unbranched alkanes of at least 4 members (excludes halogenated alkanes) is 61. The number of aliphatic hydroxyl groups is 2. The highest BCUT2D eigenvalue weighted by Crippen LogP contribution is 2.20. The van der Waals surface area contributed by atoms with Gasteiger partial charge < -0.3 is 20.3 Å². The summed E-state index contributed by atoms with van der Waals surface area (Å²) in [6, 6.07) is -0.539. The van der Waals surface area contributed by atoms with E-state index in [1.807, 2.05) is 0 Å². The van der Waals surface area contributed by atoms with Gasteiger partial charge in [0.15, 0.2) is 0 Å². The summed E-state index contributed by atoms with van der Waals surface area (Å²) >= 11 is 0. The number of hydrogen-bond donors (Lipinski definition) is 3. The fourth-order valence-corrected chi connectivity index (χ4v) is 12.9. The molecule has 0 saturated carbocycles. The number of ether oxygens (including phenoxy) is 1. The second kappa shape index (κ2) is 76.8. The predicted octanol–water partition coefficient (Wildman–Crippen LogP) is 26.4. The molecule has 0 aliphatic heterocycles. The normalized spacial score (nSPS) is 12.6. The molecule has 516 valence electrons. The number of esters is 1. The van der Waals surface area contributed by atoms with Crippen LogP contribution in [0.2, 0.25) is 0 Å². The molecule has 0 heterocycles. The fraction of sp³-hybridized carbons (Fsp3) is 0.926. The van der Waals surface area contributed by atoms with Crippen LogP contribution >= 0.6 is 0 Å². The Morgan fingerprint density at radius 3 is 0.816 bits per heavy atom. The van der Waals surface area contributed by atoms with E-state index >= 15 is 0 Å². The van der Waals surface area contributed by atoms with Crippen molar-refractivity contribution in [2.24, 2.45) is 0 Å². The molecule has 0 spiro atoms. The summed E-state index contributed by atoms with van der Waals surface area (Å²) in [6.07, 6.45) is 98.5. The van der Waals surface area contributed by atoms with E-state index < -0.39 is 12.1 Å². The zero-order valence-corrected chi connectivity index (χ0v) is 59.3. The van der Waals surface area contributed by atoms with Gasteiger partial charge in [-0.1, -0.05) is 391 Å². The van der Waals surface area contributed by atoms with E-state index in [-0.39, 0.29) is 18.5 Å². The molecule has 6 heteroatoms. The van der Waals surface area contributed by atoms with Crippen molar-refractivity contribution >= 4 is 11.9 Å². The zero-order valence-electron chi connectivity index (χ0n) is 59.3. The van der Waals surface area contributed by atoms with Gasteiger partial charge in [-0.15, -0.1) is 0 Å². The van der Waals surface area contributed by atoms with Crippen LogP contribution in [0.4, 0.5) is 0 Å². The van der Waals surface area contributed by atoms with E-state index in [4.69, 9.17) is 4.74 Å². The van der Waals surface area contributed by atoms with E-state index in [0.717, 1.165) is 44.9 Å². The number of aliphatic hydroxyl groups excluding tert-OH is 2. The second-order valence-electron chi connectivity index (χ2n) is 27.7. The van der Waals surface area contributed by atoms with E-state index in [1.165, 1.54) is 379 Å². The molecule has 0 saturated heterocycles. The van der Waals surface area contributed by atoms with Gasteiger partial charge in [0.25, 0.3) is 0 Å². The maximum absolute atomic E-state index is 12.6. The second-order valence-corrected chi connectivity index (χ2v) is 27.7. The summed E-state index contributed by atoms with van der Waals surface area (Å²) in [6.45, 7) is 4.99. The molecule has 0 rings (SSSR count). The molecule has 0 aromatic carbocycles. The van der Waals surface area contributed by atoms with Crippen molar-refractivity contribution in [2.45, 2.75) is 469 Å². The Hall–Kier alpha value is -1.66. The first kappa shape index (κ1) is 85.3. The standard InChI is InChI=1S/C81H157NO5/c1-3-5-7-9-11-13-15-17-19-20-40-43-46-49-53-57-61-65-69-73-79(84)78(77-83)82-80(85)74-70-66-62-58-54-50-47-44-41-38-36-34-32-30-28-26-24-22-21-23-25-27-29-31-33-35-37-39-42-45-48-52-56-60-64-68-72-76-87-81(86)75-71-67-63-59-55-51-18-16-14-12-10-8-6-4-2/h16,18,21,23,78-79,83-84H,3-15,17,19-20,22,24-77H2,1-2H3,(H,82,85)/b18-16-,23-21-. The smallest absolute Gasteiger partial charge is 0.305 e. The molecule has 0 aromatic rings. The van der Waals surface area contributed by atoms with Crippen LogP contribution in [0.1, 0.15) is 457 Å². The van der Waals surface area contributed by atoms with Crippen LogP contribution in [0.25, 0.3) is 0 Å². The van der Waals surface area contributed by atoms with E-state index in [2.05, 4.69) is 43.5 Å². The van der Waals surface area contributed by atoms with Gasteiger partial charge in [0, 0.05) is 12.8 Å². The van der Waals surface area contributed by atoms with Crippen LogP contribution in [-0.2, 0) is 14.3 Å². The third kappa shape index (κ3) is 73.3. The molecule has 1 amide bonds. The molecule has 6 nitrogen and oxygen atoms in total. The first-order chi connectivity index (χ1) is 43.0. The summed E-state index contributed by atoms with van der Waals surface area (Å²) in [5, 5.41) is 23.4. The third-order valence-electron chi connectivity index (χ3n) is 19.0. The molecule has 87 heavy (non-hydrogen) atoms. The monoisotopic (exact) mass is 1220 g/mol. The number of hydrogen-bond acceptors (Lipinski definition) is 5. The Labute approximate surface area is 545 Å². The van der Waals surface area contributed by atoms with E-state index in [0.29, 0.717) is 25.9 Å². The van der Waals surface area contributed by atoms with Crippen molar-refractivity contribution in [1.82, 2.24) is 5.32 Å². The quantitative estimate of drug-likeness (QED) is 0.0320. The maximum Gasteiger partial charge on any atom is 0.305 e. The van der Waals surface area contributed by atoms with Crippen molar-refractivity contribution in [3.63, 3.8) is 0 Å². The third-order valence-corrected chi connectivity index (χ3v) is 19.0. The van der Waals surface area contributed by atoms with Crippen molar-refractivity contribution in [3.8, 4) is 0 Å². The number of allylic oxidation sites excluding steroid dienone is 4. The first-order valence-electron chi connectivity index (χ1n) is 40.1. The molecule has 0 aliphatic rings. The lowest BCUT2D eigenvalue weighted by molar-refractivity contribution is -0.143. The van der Waals surface area contributed by atoms with Crippen LogP contribution in [0, 0.1) is 0 Å². The topological polar surface area (TPSA) is 95.9 Å². The van der Waals surface area contributed by atoms with Gasteiger partial charge in [0.1, 0.15) is 0 Å². The lowest BCUT2D eigenvalue weighted by atomic mass is 10.0. The molecule has 0 radical (unpaired) electrons. The highest BCUT2D eigenvalue weighted by molar-refractivity contribution is 5.76. The molecule has 0 aliphatic carbocycles. The Kier molecular flexibility index (Phi) is 75.3. The summed E-state index contributed by atoms with van der Waals surface area (Å²) in [7, 11) is 0. The largest absolute Gasteiger partial charge is 0.466 e. The molecular weight excluding hydrogens is 1070 g/mol. The van der Waals surface area contributed by atoms with Crippen LogP contribution in [0.3, 0.4) is 0 Å². The number of nitrogens with one attached hydrogen (secondary N) is 1. The number of carbonyl (C=O) groups is 2. The number of rotatable bonds is 76. The average Bonchev–Trinajstić information content (AvgIpc) is 3.54. The fourth-order valence-electron chi connectivity index (χ4n) is 12.9. The first-order valence-corrected chi connectivity index (χ1v) is 40.1. The molecule has 3 N–H and O–H groups in total. The van der Waals surface area contributed by atoms with Gasteiger partial charge in [-0.3, -0.25) is 9.59 Å². The predicted molar refractivity (Wildman–Crippen MR) is 384 cm³/mol. The van der Waals surface area contributed by atoms with Gasteiger partial charge >= 0.3 is 5.97 Å². The summed E-state index contributed by atoms with van der Waals surface area (Å²) in [4.78, 5) is 24.6. The van der Waals surface area contributed by atoms with E-state index in [1.54, 1.807) is 0 Å². The van der Waals surface area contributed by atoms with Crippen molar-refractivity contribution in [1.29, 1.82) is 0 Å². The number of amides is 1. The van der Waals surface area contributed by atoms with Crippen LogP contribution in [-0.4, -0.2) is 47.4 Å². The minimum Gasteiger partial charge on any atom is -0.466 e. The lowest BCUT2D eigenvalue weighted by Crippen LogP contribution is -2.45. The molecule has 0 fully saturated rings. The van der Waals surface area contributed by atoms with E-state index in [9.17, 15) is 19.8 Å². The minimum absolute atomic E-state index is 0.0137. The Balaban J connectivity index is 3.33. The van der Waals surface area contributed by atoms with Gasteiger partial charge in [-0.25, -0.2) is 0 Å². The van der Waals surface area contributed by atoms with Gasteiger partial charge in [0.2, 0.25) is 5.91 Å². The summed E-state index contributed by atoms with van der Waals surface area (Å²) in [5.74, 6) is -0.0123. The lowest BCUT2D eigenvalue weighted by Gasteiger charge is -2.22. The SMILES string of the molecule is CCCCCCC/C=C\CCCCCCCC(=O)OCCCCCCCCCCCCCCCCCC/C=C\CCCCCCCCCCCCCCCCCCCC(=O)NC(CO)C(O)CCCCCCCCCCCCCCCCCCCCC. The summed E-state index contributed by atoms with van der Waals surface area (Å²) < 4.78 is 5.49. The Morgan fingerprint density at radius 1 is 0.310 bits per heavy atom. The van der Waals surface area contributed by atoms with Crippen LogP contribution in [0.15, 0.2) is 24.3 Å². The zero-order chi connectivity index (χ0) is 62.8. The van der Waals surface area contributed by atoms with Crippen molar-refractivity contribution in [3.05, 3.63) is 24.3 Å². The molecule has 0 aromatic heterocycles. The Morgan fingerprint density at radius 2 is 0.540 bits per heavy atom. The Bertz CT molecular complexity index is 1360. The van der Waals surface area contributed by atoms with Gasteiger partial charge in [-0.2, -0.15) is 0 Å². The van der Waals surface area contributed by atoms with Crippen molar-refractivity contribution in [2.75, 3.05) is 13.2 Å². The maximum atomic E-state index is 12.6. The van der Waals surface area contributed by atoms with Gasteiger partial charge in [-0.05, 0) is 77.0 Å². The molecule has 2 atom stereocenters. The minimum atomic E-state index is -0.662. The molecule has 2 unspecified atom stereocenters. The van der Waals surface area contributed by atoms with Gasteiger partial charge in [0.05, 0.1) is 25.4 Å². The van der Waals surface area contributed by atoms with Crippen molar-refractivity contribution < 1.29 is 24.5 Å². The highest BCUT2D eigenvalue weighted by atomic mass is 16.5. The summed E-state index contributed by atoms with van der Waals surface area (Å²) in [5.41, 5.74) is 0. The highest BCUT2D eigenvalue weighted by Gasteiger charge is 2.20. The number of carbonyl (C=O) groups excluding carboxylic acids is 2. The molecule has 0 bridgehead atoms. The van der Waals surface area contributed by atoms with Crippen LogP contribution in [0.5, 0.6) is 0 Å². The molecular formula is C81H157NO5.